The van der Waals surface area contributed by atoms with Gasteiger partial charge in [0.05, 0.1) is 15.1 Å². The maximum absolute atomic E-state index is 11.4. The van der Waals surface area contributed by atoms with E-state index in [4.69, 9.17) is 11.6 Å². The Bertz CT molecular complexity index is 464. The van der Waals surface area contributed by atoms with Gasteiger partial charge in [-0.15, -0.1) is 11.3 Å². The van der Waals surface area contributed by atoms with Crippen LogP contribution in [0.3, 0.4) is 0 Å². The van der Waals surface area contributed by atoms with Crippen molar-refractivity contribution in [3.05, 3.63) is 21.3 Å². The van der Waals surface area contributed by atoms with Crippen LogP contribution in [0.4, 0.5) is 0 Å². The maximum Gasteiger partial charge on any atom is 0.265 e. The quantitative estimate of drug-likeness (QED) is 0.909. The molecule has 0 aliphatic rings. The van der Waals surface area contributed by atoms with Gasteiger partial charge in [0.1, 0.15) is 0 Å². The zero-order valence-corrected chi connectivity index (χ0v) is 10.5. The molecule has 0 radical (unpaired) electrons. The Balaban J connectivity index is 2.81. The van der Waals surface area contributed by atoms with Crippen molar-refractivity contribution >= 4 is 38.9 Å². The van der Waals surface area contributed by atoms with Gasteiger partial charge in [0.25, 0.3) is 5.91 Å². The molecule has 0 aliphatic carbocycles. The molecule has 1 amide bonds. The van der Waals surface area contributed by atoms with Crippen LogP contribution in [0.25, 0.3) is 0 Å². The van der Waals surface area contributed by atoms with Crippen molar-refractivity contribution in [1.82, 2.24) is 4.72 Å². The third kappa shape index (κ3) is 3.19. The van der Waals surface area contributed by atoms with Gasteiger partial charge in [-0.2, -0.15) is 0 Å². The molecular weight excluding hydrogens is 258 g/mol. The van der Waals surface area contributed by atoms with Crippen molar-refractivity contribution in [3.8, 4) is 0 Å². The average Bonchev–Trinajstić information content (AvgIpc) is 2.50. The molecule has 1 aromatic heterocycles. The summed E-state index contributed by atoms with van der Waals surface area (Å²) in [5, 5.41) is 0.864. The van der Waals surface area contributed by atoms with Gasteiger partial charge in [-0.3, -0.25) is 4.79 Å². The molecule has 0 saturated carbocycles. The SMILES string of the molecule is CC(C)S(=O)(=O)NC(=O)c1csc(Cl)c1. The maximum atomic E-state index is 11.4. The number of nitrogens with one attached hydrogen (secondary N) is 1. The second-order valence-electron chi connectivity index (χ2n) is 3.16. The minimum absolute atomic E-state index is 0.259. The van der Waals surface area contributed by atoms with Crippen molar-refractivity contribution in [3.63, 3.8) is 0 Å². The fraction of sp³-hybridized carbons (Fsp3) is 0.375. The monoisotopic (exact) mass is 267 g/mol. The molecule has 0 bridgehead atoms. The molecule has 0 fully saturated rings. The van der Waals surface area contributed by atoms with Gasteiger partial charge >= 0.3 is 0 Å². The molecular formula is C8H10ClNO3S2. The molecule has 7 heteroatoms. The Hall–Kier alpha value is -0.590. The number of halogens is 1. The molecule has 15 heavy (non-hydrogen) atoms. The first-order valence-corrected chi connectivity index (χ1v) is 6.93. The second kappa shape index (κ2) is 4.51. The number of amides is 1. The summed E-state index contributed by atoms with van der Waals surface area (Å²) in [7, 11) is -3.57. The van der Waals surface area contributed by atoms with Gasteiger partial charge in [0.15, 0.2) is 0 Å². The largest absolute Gasteiger partial charge is 0.268 e. The van der Waals surface area contributed by atoms with E-state index in [2.05, 4.69) is 0 Å². The minimum Gasteiger partial charge on any atom is -0.268 e. The topological polar surface area (TPSA) is 63.2 Å². The second-order valence-corrected chi connectivity index (χ2v) is 6.94. The summed E-state index contributed by atoms with van der Waals surface area (Å²) < 4.78 is 25.1. The number of carbonyl (C=O) groups is 1. The van der Waals surface area contributed by atoms with Gasteiger partial charge in [0, 0.05) is 5.38 Å². The summed E-state index contributed by atoms with van der Waals surface area (Å²) in [6, 6.07) is 1.43. The Kier molecular flexibility index (Phi) is 3.75. The van der Waals surface area contributed by atoms with Crippen LogP contribution in [-0.2, 0) is 10.0 Å². The molecule has 0 saturated heterocycles. The van der Waals surface area contributed by atoms with Gasteiger partial charge in [-0.25, -0.2) is 13.1 Å². The van der Waals surface area contributed by atoms with Crippen molar-refractivity contribution in [2.24, 2.45) is 0 Å². The molecule has 84 valence electrons. The van der Waals surface area contributed by atoms with Gasteiger partial charge in [-0.05, 0) is 19.9 Å². The van der Waals surface area contributed by atoms with Crippen LogP contribution < -0.4 is 4.72 Å². The number of hydrogen-bond donors (Lipinski definition) is 1. The lowest BCUT2D eigenvalue weighted by Gasteiger charge is -2.08. The van der Waals surface area contributed by atoms with E-state index in [1.54, 1.807) is 0 Å². The zero-order chi connectivity index (χ0) is 11.6. The first kappa shape index (κ1) is 12.5. The van der Waals surface area contributed by atoms with Crippen LogP contribution in [-0.4, -0.2) is 19.6 Å². The van der Waals surface area contributed by atoms with E-state index < -0.39 is 21.2 Å². The predicted octanol–water partition coefficient (Wildman–Crippen LogP) is 1.87. The molecule has 1 heterocycles. The van der Waals surface area contributed by atoms with E-state index in [-0.39, 0.29) is 5.56 Å². The summed E-state index contributed by atoms with van der Waals surface area (Å²) in [6.07, 6.45) is 0. The summed E-state index contributed by atoms with van der Waals surface area (Å²) in [6.45, 7) is 2.99. The highest BCUT2D eigenvalue weighted by molar-refractivity contribution is 7.90. The summed E-state index contributed by atoms with van der Waals surface area (Å²) in [5.74, 6) is -0.646. The number of thiophene rings is 1. The van der Waals surface area contributed by atoms with Gasteiger partial charge in [-0.1, -0.05) is 11.6 Å². The van der Waals surface area contributed by atoms with Crippen LogP contribution in [0, 0.1) is 0 Å². The van der Waals surface area contributed by atoms with E-state index in [0.717, 1.165) is 0 Å². The van der Waals surface area contributed by atoms with E-state index in [9.17, 15) is 13.2 Å². The predicted molar refractivity (Wildman–Crippen MR) is 60.9 cm³/mol. The smallest absolute Gasteiger partial charge is 0.265 e. The summed E-state index contributed by atoms with van der Waals surface area (Å²) >= 11 is 6.80. The van der Waals surface area contributed by atoms with E-state index >= 15 is 0 Å². The third-order valence-corrected chi connectivity index (χ3v) is 4.49. The van der Waals surface area contributed by atoms with Crippen molar-refractivity contribution in [2.45, 2.75) is 19.1 Å². The number of carbonyl (C=O) groups excluding carboxylic acids is 1. The Morgan fingerprint density at radius 2 is 2.13 bits per heavy atom. The Labute approximate surface area is 97.3 Å². The van der Waals surface area contributed by atoms with E-state index in [0.29, 0.717) is 4.34 Å². The molecule has 4 nitrogen and oxygen atoms in total. The van der Waals surface area contributed by atoms with Crippen LogP contribution in [0.1, 0.15) is 24.2 Å². The van der Waals surface area contributed by atoms with E-state index in [1.807, 2.05) is 4.72 Å². The first-order chi connectivity index (χ1) is 6.83. The molecule has 1 rings (SSSR count). The lowest BCUT2D eigenvalue weighted by Crippen LogP contribution is -2.35. The minimum atomic E-state index is -3.57. The number of rotatable bonds is 3. The highest BCUT2D eigenvalue weighted by Crippen LogP contribution is 2.19. The fourth-order valence-electron chi connectivity index (χ4n) is 0.735. The average molecular weight is 268 g/mol. The Morgan fingerprint density at radius 3 is 2.53 bits per heavy atom. The summed E-state index contributed by atoms with van der Waals surface area (Å²) in [5.41, 5.74) is 0.259. The number of sulfonamides is 1. The van der Waals surface area contributed by atoms with Gasteiger partial charge < -0.3 is 0 Å². The van der Waals surface area contributed by atoms with Gasteiger partial charge in [0.2, 0.25) is 10.0 Å². The zero-order valence-electron chi connectivity index (χ0n) is 8.15. The Morgan fingerprint density at radius 1 is 1.53 bits per heavy atom. The molecule has 0 unspecified atom stereocenters. The van der Waals surface area contributed by atoms with Crippen molar-refractivity contribution < 1.29 is 13.2 Å². The van der Waals surface area contributed by atoms with Crippen LogP contribution in [0.2, 0.25) is 4.34 Å². The summed E-state index contributed by atoms with van der Waals surface area (Å²) in [4.78, 5) is 11.4. The molecule has 1 aromatic rings. The van der Waals surface area contributed by atoms with Crippen LogP contribution in [0.5, 0.6) is 0 Å². The molecule has 0 atom stereocenters. The highest BCUT2D eigenvalue weighted by atomic mass is 35.5. The lowest BCUT2D eigenvalue weighted by molar-refractivity contribution is 0.0981. The highest BCUT2D eigenvalue weighted by Gasteiger charge is 2.20. The molecule has 0 aliphatic heterocycles. The normalized spacial score (nSPS) is 11.7. The molecule has 1 N–H and O–H groups in total. The fourth-order valence-corrected chi connectivity index (χ4v) is 2.21. The number of hydrogen-bond acceptors (Lipinski definition) is 4. The standard InChI is InChI=1S/C8H10ClNO3S2/c1-5(2)15(12,13)10-8(11)6-3-7(9)14-4-6/h3-5H,1-2H3,(H,10,11). The van der Waals surface area contributed by atoms with Crippen molar-refractivity contribution in [1.29, 1.82) is 0 Å². The lowest BCUT2D eigenvalue weighted by atomic mass is 10.3. The molecule has 0 aromatic carbocycles. The van der Waals surface area contributed by atoms with Crippen LogP contribution >= 0.6 is 22.9 Å². The third-order valence-electron chi connectivity index (χ3n) is 1.69. The van der Waals surface area contributed by atoms with Crippen molar-refractivity contribution in [2.75, 3.05) is 0 Å². The van der Waals surface area contributed by atoms with Crippen LogP contribution in [0.15, 0.2) is 11.4 Å². The molecule has 0 spiro atoms. The van der Waals surface area contributed by atoms with E-state index in [1.165, 1.54) is 36.6 Å². The first-order valence-electron chi connectivity index (χ1n) is 4.13.